The third-order valence-electron chi connectivity index (χ3n) is 4.19. The number of nitrogens with one attached hydrogen (secondary N) is 2. The smallest absolute Gasteiger partial charge is 0.269 e. The molecule has 3 rings (SSSR count). The monoisotopic (exact) mass is 473 g/mol. The van der Waals surface area contributed by atoms with Gasteiger partial charge in [0.25, 0.3) is 5.69 Å². The fraction of sp³-hybridized carbons (Fsp3) is 0.150. The number of hydrogen-bond acceptors (Lipinski definition) is 8. The van der Waals surface area contributed by atoms with Gasteiger partial charge in [0.15, 0.2) is 0 Å². The van der Waals surface area contributed by atoms with Crippen molar-refractivity contribution in [2.75, 3.05) is 11.9 Å². The average molecular weight is 474 g/mol. The van der Waals surface area contributed by atoms with Crippen LogP contribution < -0.4 is 10.0 Å². The summed E-state index contributed by atoms with van der Waals surface area (Å²) in [5.74, 6) is -0.439. The molecular weight excluding hydrogens is 454 g/mol. The maximum absolute atomic E-state index is 12.3. The first kappa shape index (κ1) is 23.2. The van der Waals surface area contributed by atoms with E-state index in [-0.39, 0.29) is 22.3 Å². The zero-order valence-electron chi connectivity index (χ0n) is 16.9. The van der Waals surface area contributed by atoms with Gasteiger partial charge in [0.05, 0.1) is 9.82 Å². The van der Waals surface area contributed by atoms with Crippen LogP contribution in [0, 0.1) is 17.0 Å². The number of aromatic nitrogens is 2. The molecule has 2 N–H and O–H groups in total. The lowest BCUT2D eigenvalue weighted by Crippen LogP contribution is -2.25. The minimum absolute atomic E-state index is 0.0332. The maximum atomic E-state index is 12.3. The zero-order valence-corrected chi connectivity index (χ0v) is 18.5. The van der Waals surface area contributed by atoms with Gasteiger partial charge in [-0.2, -0.15) is 0 Å². The van der Waals surface area contributed by atoms with E-state index in [4.69, 9.17) is 0 Å². The summed E-state index contributed by atoms with van der Waals surface area (Å²) in [6.07, 6.45) is 3.11. The number of carbonyl (C=O) groups excluding carboxylic acids is 1. The molecule has 0 aliphatic carbocycles. The van der Waals surface area contributed by atoms with Crippen molar-refractivity contribution in [2.24, 2.45) is 0 Å². The van der Waals surface area contributed by atoms with Crippen LogP contribution in [0.25, 0.3) is 6.08 Å². The second-order valence-corrected chi connectivity index (χ2v) is 9.46. The van der Waals surface area contributed by atoms with Gasteiger partial charge in [-0.15, -0.1) is 10.2 Å². The van der Waals surface area contributed by atoms with Crippen LogP contribution in [0.4, 0.5) is 10.8 Å². The number of nitrogens with zero attached hydrogens (tertiary/aromatic N) is 3. The normalized spacial score (nSPS) is 11.5. The molecule has 0 bridgehead atoms. The number of carbonyl (C=O) groups is 1. The molecule has 0 radical (unpaired) electrons. The molecule has 0 atom stereocenters. The number of anilines is 1. The third kappa shape index (κ3) is 6.51. The first-order chi connectivity index (χ1) is 15.2. The van der Waals surface area contributed by atoms with Gasteiger partial charge in [-0.05, 0) is 42.8 Å². The zero-order chi connectivity index (χ0) is 23.1. The molecule has 2 aromatic carbocycles. The van der Waals surface area contributed by atoms with Gasteiger partial charge in [-0.1, -0.05) is 29.0 Å². The van der Waals surface area contributed by atoms with Crippen molar-refractivity contribution >= 4 is 44.2 Å². The van der Waals surface area contributed by atoms with Crippen molar-refractivity contribution in [1.82, 2.24) is 14.9 Å². The van der Waals surface area contributed by atoms with E-state index in [1.54, 1.807) is 24.3 Å². The second kappa shape index (κ2) is 10.2. The predicted octanol–water partition coefficient (Wildman–Crippen LogP) is 2.93. The molecule has 0 fully saturated rings. The van der Waals surface area contributed by atoms with E-state index in [9.17, 15) is 23.3 Å². The molecule has 166 valence electrons. The van der Waals surface area contributed by atoms with E-state index in [0.29, 0.717) is 17.0 Å². The average Bonchev–Trinajstić information content (AvgIpc) is 3.19. The SMILES string of the molecule is Cc1ccc(S(=O)(=O)NCCc2nnc(NC(=O)/C=C/c3ccc([N+](=O)[O-])cc3)s2)cc1. The van der Waals surface area contributed by atoms with Crippen LogP contribution in [-0.2, 0) is 21.2 Å². The van der Waals surface area contributed by atoms with Gasteiger partial charge >= 0.3 is 0 Å². The number of aryl methyl sites for hydroxylation is 1. The molecule has 1 heterocycles. The molecule has 1 amide bonds. The minimum Gasteiger partial charge on any atom is -0.297 e. The lowest BCUT2D eigenvalue weighted by Gasteiger charge is -2.05. The highest BCUT2D eigenvalue weighted by atomic mass is 32.2. The fourth-order valence-electron chi connectivity index (χ4n) is 2.52. The van der Waals surface area contributed by atoms with Crippen LogP contribution in [0.3, 0.4) is 0 Å². The summed E-state index contributed by atoms with van der Waals surface area (Å²) in [5, 5.41) is 21.9. The summed E-state index contributed by atoms with van der Waals surface area (Å²) in [6.45, 7) is 2.01. The molecule has 0 aliphatic rings. The van der Waals surface area contributed by atoms with Gasteiger partial charge in [0, 0.05) is 31.2 Å². The summed E-state index contributed by atoms with van der Waals surface area (Å²) in [4.78, 5) is 22.4. The Bertz CT molecular complexity index is 1240. The molecule has 1 aromatic heterocycles. The van der Waals surface area contributed by atoms with Crippen LogP contribution in [0.1, 0.15) is 16.1 Å². The van der Waals surface area contributed by atoms with E-state index >= 15 is 0 Å². The van der Waals surface area contributed by atoms with Crippen molar-refractivity contribution in [3.63, 3.8) is 0 Å². The second-order valence-electron chi connectivity index (χ2n) is 6.63. The Labute approximate surface area is 188 Å². The minimum atomic E-state index is -3.61. The molecule has 32 heavy (non-hydrogen) atoms. The lowest BCUT2D eigenvalue weighted by atomic mass is 10.2. The topological polar surface area (TPSA) is 144 Å². The Kier molecular flexibility index (Phi) is 7.41. The number of non-ortho nitro benzene ring substituents is 1. The number of rotatable bonds is 9. The molecule has 0 saturated carbocycles. The molecule has 10 nitrogen and oxygen atoms in total. The molecule has 0 aliphatic heterocycles. The van der Waals surface area contributed by atoms with Gasteiger partial charge < -0.3 is 0 Å². The number of hydrogen-bond donors (Lipinski definition) is 2. The summed E-state index contributed by atoms with van der Waals surface area (Å²) < 4.78 is 27.1. The Morgan fingerprint density at radius 1 is 1.12 bits per heavy atom. The first-order valence-corrected chi connectivity index (χ1v) is 11.7. The summed E-state index contributed by atoms with van der Waals surface area (Å²) in [6, 6.07) is 12.3. The fourth-order valence-corrected chi connectivity index (χ4v) is 4.30. The number of nitro benzene ring substituents is 1. The van der Waals surface area contributed by atoms with Crippen molar-refractivity contribution < 1.29 is 18.1 Å². The van der Waals surface area contributed by atoms with Gasteiger partial charge in [0.2, 0.25) is 21.1 Å². The van der Waals surface area contributed by atoms with E-state index in [1.807, 2.05) is 6.92 Å². The highest BCUT2D eigenvalue weighted by Gasteiger charge is 2.14. The van der Waals surface area contributed by atoms with Gasteiger partial charge in [-0.25, -0.2) is 13.1 Å². The Balaban J connectivity index is 1.49. The van der Waals surface area contributed by atoms with E-state index < -0.39 is 20.9 Å². The third-order valence-corrected chi connectivity index (χ3v) is 6.57. The Morgan fingerprint density at radius 3 is 2.47 bits per heavy atom. The van der Waals surface area contributed by atoms with Crippen LogP contribution in [0.15, 0.2) is 59.5 Å². The molecular formula is C20H19N5O5S2. The highest BCUT2D eigenvalue weighted by molar-refractivity contribution is 7.89. The number of nitro groups is 1. The number of benzene rings is 2. The van der Waals surface area contributed by atoms with Crippen LogP contribution in [0.2, 0.25) is 0 Å². The van der Waals surface area contributed by atoms with Gasteiger partial charge in [0.1, 0.15) is 5.01 Å². The van der Waals surface area contributed by atoms with E-state index in [0.717, 1.165) is 16.9 Å². The van der Waals surface area contributed by atoms with Crippen molar-refractivity contribution in [3.8, 4) is 0 Å². The first-order valence-electron chi connectivity index (χ1n) is 9.35. The van der Waals surface area contributed by atoms with Crippen LogP contribution in [0.5, 0.6) is 0 Å². The largest absolute Gasteiger partial charge is 0.297 e. The quantitative estimate of drug-likeness (QED) is 0.276. The summed E-state index contributed by atoms with van der Waals surface area (Å²) >= 11 is 1.14. The summed E-state index contributed by atoms with van der Waals surface area (Å²) in [5.41, 5.74) is 1.56. The molecule has 0 unspecified atom stereocenters. The molecule has 0 spiro atoms. The Morgan fingerprint density at radius 2 is 1.81 bits per heavy atom. The van der Waals surface area contributed by atoms with Crippen LogP contribution in [-0.4, -0.2) is 36.0 Å². The molecule has 3 aromatic rings. The van der Waals surface area contributed by atoms with Crippen molar-refractivity contribution in [1.29, 1.82) is 0 Å². The molecule has 12 heteroatoms. The van der Waals surface area contributed by atoms with Crippen molar-refractivity contribution in [3.05, 3.63) is 80.9 Å². The van der Waals surface area contributed by atoms with Gasteiger partial charge in [-0.3, -0.25) is 20.2 Å². The van der Waals surface area contributed by atoms with E-state index in [2.05, 4.69) is 20.2 Å². The lowest BCUT2D eigenvalue weighted by molar-refractivity contribution is -0.384. The van der Waals surface area contributed by atoms with Crippen LogP contribution >= 0.6 is 11.3 Å². The molecule has 0 saturated heterocycles. The standard InChI is InChI=1S/C20H19N5O5S2/c1-14-2-9-17(10-3-14)32(29,30)21-13-12-19-23-24-20(31-19)22-18(26)11-6-15-4-7-16(8-5-15)25(27)28/h2-11,21H,12-13H2,1H3,(H,22,24,26)/b11-6+. The maximum Gasteiger partial charge on any atom is 0.269 e. The van der Waals surface area contributed by atoms with Crippen molar-refractivity contribution in [2.45, 2.75) is 18.2 Å². The Hall–Kier alpha value is -3.48. The highest BCUT2D eigenvalue weighted by Crippen LogP contribution is 2.17. The number of sulfonamides is 1. The summed E-state index contributed by atoms with van der Waals surface area (Å²) in [7, 11) is -3.61. The predicted molar refractivity (Wildman–Crippen MR) is 121 cm³/mol. The van der Waals surface area contributed by atoms with E-state index in [1.165, 1.54) is 36.4 Å². The number of amides is 1.